The minimum absolute atomic E-state index is 0.305. The Morgan fingerprint density at radius 3 is 2.22 bits per heavy atom. The smallest absolute Gasteiger partial charge is 0.323 e. The molecule has 1 rings (SSSR count). The number of carboxylic acids is 1. The molecule has 0 bridgehead atoms. The molecule has 1 unspecified atom stereocenters. The Morgan fingerprint density at radius 2 is 1.83 bits per heavy atom. The van der Waals surface area contributed by atoms with E-state index in [-0.39, 0.29) is 0 Å². The van der Waals surface area contributed by atoms with Gasteiger partial charge in [0.1, 0.15) is 17.0 Å². The predicted molar refractivity (Wildman–Crippen MR) is 68.1 cm³/mol. The molecule has 0 aliphatic heterocycles. The fourth-order valence-corrected chi connectivity index (χ4v) is 1.67. The topological polar surface area (TPSA) is 81.8 Å². The second kappa shape index (κ2) is 5.73. The molecule has 3 N–H and O–H groups in total. The maximum absolute atomic E-state index is 11.0. The van der Waals surface area contributed by atoms with Crippen LogP contribution in [0.1, 0.15) is 18.9 Å². The highest BCUT2D eigenvalue weighted by Crippen LogP contribution is 2.30. The number of methoxy groups -OCH3 is 2. The first-order valence-corrected chi connectivity index (χ1v) is 5.64. The van der Waals surface area contributed by atoms with Crippen molar-refractivity contribution in [2.24, 2.45) is 5.73 Å². The number of rotatable bonds is 6. The van der Waals surface area contributed by atoms with Crippen LogP contribution in [0.2, 0.25) is 0 Å². The number of ether oxygens (including phenoxy) is 2. The molecule has 0 aliphatic rings. The third-order valence-corrected chi connectivity index (χ3v) is 2.91. The zero-order valence-corrected chi connectivity index (χ0v) is 10.9. The summed E-state index contributed by atoms with van der Waals surface area (Å²) in [4.78, 5) is 11.0. The van der Waals surface area contributed by atoms with Crippen molar-refractivity contribution in [3.63, 3.8) is 0 Å². The molecule has 0 spiro atoms. The maximum atomic E-state index is 11.0. The normalized spacial score (nSPS) is 13.8. The van der Waals surface area contributed by atoms with E-state index in [0.29, 0.717) is 24.3 Å². The van der Waals surface area contributed by atoms with Crippen molar-refractivity contribution in [2.45, 2.75) is 25.3 Å². The van der Waals surface area contributed by atoms with E-state index >= 15 is 0 Å². The van der Waals surface area contributed by atoms with Gasteiger partial charge in [0, 0.05) is 5.56 Å². The van der Waals surface area contributed by atoms with Crippen molar-refractivity contribution in [3.05, 3.63) is 23.8 Å². The van der Waals surface area contributed by atoms with Crippen LogP contribution in [0.25, 0.3) is 0 Å². The summed E-state index contributed by atoms with van der Waals surface area (Å²) in [7, 11) is 3.13. The molecular formula is C13H19NO4. The lowest BCUT2D eigenvalue weighted by Crippen LogP contribution is -2.45. The summed E-state index contributed by atoms with van der Waals surface area (Å²) in [5, 5.41) is 8.98. The summed E-state index contributed by atoms with van der Waals surface area (Å²) >= 11 is 0. The van der Waals surface area contributed by atoms with Crippen LogP contribution in [0.15, 0.2) is 18.2 Å². The Balaban J connectivity index is 2.93. The number of benzene rings is 1. The maximum Gasteiger partial charge on any atom is 0.323 e. The van der Waals surface area contributed by atoms with Gasteiger partial charge in [0.25, 0.3) is 0 Å². The molecule has 0 amide bonds. The van der Waals surface area contributed by atoms with Gasteiger partial charge in [-0.25, -0.2) is 0 Å². The first kappa shape index (κ1) is 14.3. The van der Waals surface area contributed by atoms with Gasteiger partial charge in [-0.15, -0.1) is 0 Å². The SMILES string of the molecule is COc1cccc(OC)c1CCC(C)(N)C(=O)O. The van der Waals surface area contributed by atoms with Gasteiger partial charge in [0.2, 0.25) is 0 Å². The third kappa shape index (κ3) is 3.13. The van der Waals surface area contributed by atoms with Crippen LogP contribution in [-0.4, -0.2) is 30.8 Å². The molecule has 0 saturated heterocycles. The molecule has 1 aromatic rings. The molecule has 100 valence electrons. The van der Waals surface area contributed by atoms with Gasteiger partial charge in [0.05, 0.1) is 14.2 Å². The van der Waals surface area contributed by atoms with Gasteiger partial charge in [-0.2, -0.15) is 0 Å². The molecule has 0 radical (unpaired) electrons. The van der Waals surface area contributed by atoms with Gasteiger partial charge < -0.3 is 20.3 Å². The van der Waals surface area contributed by atoms with Crippen LogP contribution in [0, 0.1) is 0 Å². The lowest BCUT2D eigenvalue weighted by atomic mass is 9.94. The highest BCUT2D eigenvalue weighted by Gasteiger charge is 2.28. The minimum atomic E-state index is -1.26. The zero-order valence-electron chi connectivity index (χ0n) is 10.9. The molecule has 0 fully saturated rings. The molecule has 5 nitrogen and oxygen atoms in total. The van der Waals surface area contributed by atoms with E-state index in [9.17, 15) is 4.79 Å². The van der Waals surface area contributed by atoms with Gasteiger partial charge in [-0.1, -0.05) is 6.07 Å². The first-order valence-electron chi connectivity index (χ1n) is 5.64. The molecule has 1 aromatic carbocycles. The van der Waals surface area contributed by atoms with Crippen LogP contribution in [0.4, 0.5) is 0 Å². The van der Waals surface area contributed by atoms with E-state index < -0.39 is 11.5 Å². The van der Waals surface area contributed by atoms with E-state index in [1.54, 1.807) is 14.2 Å². The molecule has 0 heterocycles. The van der Waals surface area contributed by atoms with E-state index in [0.717, 1.165) is 5.56 Å². The average Bonchev–Trinajstić information content (AvgIpc) is 2.35. The summed E-state index contributed by atoms with van der Waals surface area (Å²) in [5.74, 6) is 0.336. The lowest BCUT2D eigenvalue weighted by Gasteiger charge is -2.20. The van der Waals surface area contributed by atoms with Crippen molar-refractivity contribution in [1.29, 1.82) is 0 Å². The summed E-state index contributed by atoms with van der Waals surface area (Å²) in [6, 6.07) is 5.44. The molecule has 5 heteroatoms. The van der Waals surface area contributed by atoms with Crippen LogP contribution < -0.4 is 15.2 Å². The number of carboxylic acid groups (broad SMARTS) is 1. The fourth-order valence-electron chi connectivity index (χ4n) is 1.67. The van der Waals surface area contributed by atoms with Gasteiger partial charge >= 0.3 is 5.97 Å². The van der Waals surface area contributed by atoms with Crippen molar-refractivity contribution < 1.29 is 19.4 Å². The number of nitrogens with two attached hydrogens (primary N) is 1. The zero-order chi connectivity index (χ0) is 13.8. The van der Waals surface area contributed by atoms with Gasteiger partial charge in [0.15, 0.2) is 0 Å². The minimum Gasteiger partial charge on any atom is -0.496 e. The highest BCUT2D eigenvalue weighted by atomic mass is 16.5. The fraction of sp³-hybridized carbons (Fsp3) is 0.462. The lowest BCUT2D eigenvalue weighted by molar-refractivity contribution is -0.142. The second-order valence-corrected chi connectivity index (χ2v) is 4.36. The third-order valence-electron chi connectivity index (χ3n) is 2.91. The van der Waals surface area contributed by atoms with Crippen LogP contribution >= 0.6 is 0 Å². The van der Waals surface area contributed by atoms with E-state index in [2.05, 4.69) is 0 Å². The summed E-state index contributed by atoms with van der Waals surface area (Å²) in [6.07, 6.45) is 0.783. The first-order chi connectivity index (χ1) is 8.42. The summed E-state index contributed by atoms with van der Waals surface area (Å²) in [6.45, 7) is 1.50. The van der Waals surface area contributed by atoms with Crippen molar-refractivity contribution >= 4 is 5.97 Å². The average molecular weight is 253 g/mol. The Kier molecular flexibility index (Phi) is 4.55. The number of hydrogen-bond donors (Lipinski definition) is 2. The monoisotopic (exact) mass is 253 g/mol. The summed E-state index contributed by atoms with van der Waals surface area (Å²) < 4.78 is 10.5. The Morgan fingerprint density at radius 1 is 1.33 bits per heavy atom. The van der Waals surface area contributed by atoms with Crippen molar-refractivity contribution in [1.82, 2.24) is 0 Å². The van der Waals surface area contributed by atoms with E-state index in [4.69, 9.17) is 20.3 Å². The molecule has 1 atom stereocenters. The number of aliphatic carboxylic acids is 1. The summed E-state index contributed by atoms with van der Waals surface area (Å²) in [5.41, 5.74) is 5.28. The number of carbonyl (C=O) groups is 1. The van der Waals surface area contributed by atoms with Gasteiger partial charge in [-0.3, -0.25) is 4.79 Å². The standard InChI is InChI=1S/C13H19NO4/c1-13(14,12(15)16)8-7-9-10(17-2)5-4-6-11(9)18-3/h4-6H,7-8,14H2,1-3H3,(H,15,16). The highest BCUT2D eigenvalue weighted by molar-refractivity contribution is 5.77. The number of hydrogen-bond acceptors (Lipinski definition) is 4. The van der Waals surface area contributed by atoms with Crippen LogP contribution in [0.3, 0.4) is 0 Å². The molecule has 0 aromatic heterocycles. The van der Waals surface area contributed by atoms with E-state index in [1.165, 1.54) is 6.92 Å². The molecule has 18 heavy (non-hydrogen) atoms. The van der Waals surface area contributed by atoms with E-state index in [1.807, 2.05) is 18.2 Å². The molecule has 0 saturated carbocycles. The Hall–Kier alpha value is -1.75. The van der Waals surface area contributed by atoms with Crippen molar-refractivity contribution in [2.75, 3.05) is 14.2 Å². The second-order valence-electron chi connectivity index (χ2n) is 4.36. The van der Waals surface area contributed by atoms with Gasteiger partial charge in [-0.05, 0) is 31.9 Å². The Bertz CT molecular complexity index is 407. The molecular weight excluding hydrogens is 234 g/mol. The van der Waals surface area contributed by atoms with Crippen LogP contribution in [-0.2, 0) is 11.2 Å². The molecule has 0 aliphatic carbocycles. The van der Waals surface area contributed by atoms with Crippen LogP contribution in [0.5, 0.6) is 11.5 Å². The Labute approximate surface area is 107 Å². The quantitative estimate of drug-likeness (QED) is 0.801. The van der Waals surface area contributed by atoms with Crippen molar-refractivity contribution in [3.8, 4) is 11.5 Å². The predicted octanol–water partition coefficient (Wildman–Crippen LogP) is 1.44. The largest absolute Gasteiger partial charge is 0.496 e.